The van der Waals surface area contributed by atoms with Gasteiger partial charge in [0.2, 0.25) is 5.91 Å². The number of hydrogen-bond donors (Lipinski definition) is 2. The number of carbonyl (C=O) groups is 2. The number of non-ortho nitro benzene ring substituents is 1. The number of thioether (sulfide) groups is 1. The van der Waals surface area contributed by atoms with Crippen LogP contribution in [0.25, 0.3) is 0 Å². The standard InChI is InChI=1S/C25H21FN4O5S/c1-3-12-35-25(32)22-15(2)28-24(19(13-27)23(22)18-6-4-5-7-20(18)26)36-14-21(31)29-16-8-10-17(11-9-16)30(33)34/h3-11,23,28H,1,12,14H2,2H3,(H,29,31)/t23-/m0/s1. The molecule has 0 bridgehead atoms. The van der Waals surface area contributed by atoms with Crippen molar-refractivity contribution in [2.75, 3.05) is 17.7 Å². The molecule has 184 valence electrons. The highest BCUT2D eigenvalue weighted by Crippen LogP contribution is 2.41. The summed E-state index contributed by atoms with van der Waals surface area (Å²) in [6, 6.07) is 13.2. The minimum Gasteiger partial charge on any atom is -0.458 e. The molecule has 1 amide bonds. The molecule has 0 saturated heterocycles. The molecule has 3 rings (SSSR count). The van der Waals surface area contributed by atoms with E-state index in [1.165, 1.54) is 48.5 Å². The second kappa shape index (κ2) is 11.8. The monoisotopic (exact) mass is 508 g/mol. The van der Waals surface area contributed by atoms with Crippen molar-refractivity contribution in [2.45, 2.75) is 12.8 Å². The fourth-order valence-electron chi connectivity index (χ4n) is 3.53. The number of halogens is 1. The number of nitriles is 1. The smallest absolute Gasteiger partial charge is 0.337 e. The molecule has 1 aliphatic rings. The van der Waals surface area contributed by atoms with Crippen LogP contribution < -0.4 is 10.6 Å². The number of amides is 1. The van der Waals surface area contributed by atoms with Gasteiger partial charge in [-0.2, -0.15) is 5.26 Å². The van der Waals surface area contributed by atoms with Crippen molar-refractivity contribution < 1.29 is 23.6 Å². The summed E-state index contributed by atoms with van der Waals surface area (Å²) in [6.45, 7) is 5.05. The Morgan fingerprint density at radius 3 is 2.61 bits per heavy atom. The minimum atomic E-state index is -1.05. The molecule has 0 unspecified atom stereocenters. The van der Waals surface area contributed by atoms with Crippen molar-refractivity contribution >= 4 is 35.0 Å². The average Bonchev–Trinajstić information content (AvgIpc) is 2.86. The van der Waals surface area contributed by atoms with Crippen LogP contribution >= 0.6 is 11.8 Å². The largest absolute Gasteiger partial charge is 0.458 e. The Morgan fingerprint density at radius 1 is 1.31 bits per heavy atom. The van der Waals surface area contributed by atoms with Crippen LogP contribution in [0.3, 0.4) is 0 Å². The van der Waals surface area contributed by atoms with Crippen molar-refractivity contribution in [1.82, 2.24) is 5.32 Å². The zero-order valence-corrected chi connectivity index (χ0v) is 19.9. The van der Waals surface area contributed by atoms with Gasteiger partial charge in [-0.15, -0.1) is 0 Å². The second-order valence-electron chi connectivity index (χ2n) is 7.50. The molecule has 36 heavy (non-hydrogen) atoms. The SMILES string of the molecule is C=CCOC(=O)C1=C(C)NC(SCC(=O)Nc2ccc([N+](=O)[O-])cc2)=C(C#N)[C@@H]1c1ccccc1F. The highest BCUT2D eigenvalue weighted by atomic mass is 32.2. The summed E-state index contributed by atoms with van der Waals surface area (Å²) in [7, 11) is 0. The fraction of sp³-hybridized carbons (Fsp3) is 0.160. The van der Waals surface area contributed by atoms with Gasteiger partial charge >= 0.3 is 5.97 Å². The van der Waals surface area contributed by atoms with Crippen LogP contribution in [0.5, 0.6) is 0 Å². The van der Waals surface area contributed by atoms with Gasteiger partial charge in [0.15, 0.2) is 0 Å². The molecule has 9 nitrogen and oxygen atoms in total. The van der Waals surface area contributed by atoms with E-state index >= 15 is 0 Å². The number of allylic oxidation sites excluding steroid dienone is 2. The Labute approximate surface area is 210 Å². The number of hydrogen-bond acceptors (Lipinski definition) is 8. The van der Waals surface area contributed by atoms with Crippen LogP contribution in [0, 0.1) is 27.3 Å². The Balaban J connectivity index is 1.87. The van der Waals surface area contributed by atoms with Crippen molar-refractivity contribution in [3.05, 3.63) is 105 Å². The van der Waals surface area contributed by atoms with Gasteiger partial charge < -0.3 is 15.4 Å². The highest BCUT2D eigenvalue weighted by Gasteiger charge is 2.37. The van der Waals surface area contributed by atoms with Crippen LogP contribution in [-0.4, -0.2) is 29.2 Å². The van der Waals surface area contributed by atoms with Gasteiger partial charge in [-0.05, 0) is 25.1 Å². The summed E-state index contributed by atoms with van der Waals surface area (Å²) in [5, 5.41) is 26.7. The third-order valence-corrected chi connectivity index (χ3v) is 6.14. The summed E-state index contributed by atoms with van der Waals surface area (Å²) in [5.74, 6) is -2.92. The first kappa shape index (κ1) is 26.2. The van der Waals surface area contributed by atoms with Gasteiger partial charge in [0.1, 0.15) is 12.4 Å². The first-order chi connectivity index (χ1) is 17.3. The number of benzene rings is 2. The number of nitro benzene ring substituents is 1. The van der Waals surface area contributed by atoms with E-state index in [4.69, 9.17) is 4.74 Å². The molecule has 1 heterocycles. The van der Waals surface area contributed by atoms with E-state index in [0.29, 0.717) is 16.4 Å². The molecule has 0 fully saturated rings. The molecule has 2 aromatic carbocycles. The van der Waals surface area contributed by atoms with E-state index in [-0.39, 0.29) is 34.8 Å². The number of anilines is 1. The van der Waals surface area contributed by atoms with Gasteiger partial charge in [-0.25, -0.2) is 9.18 Å². The molecule has 2 aromatic rings. The van der Waals surface area contributed by atoms with Crippen molar-refractivity contribution in [2.24, 2.45) is 0 Å². The summed E-state index contributed by atoms with van der Waals surface area (Å²) in [6.07, 6.45) is 1.40. The Morgan fingerprint density at radius 2 is 2.00 bits per heavy atom. The van der Waals surface area contributed by atoms with Crippen molar-refractivity contribution in [1.29, 1.82) is 5.26 Å². The van der Waals surface area contributed by atoms with E-state index in [2.05, 4.69) is 23.3 Å². The predicted octanol–water partition coefficient (Wildman–Crippen LogP) is 4.53. The van der Waals surface area contributed by atoms with Gasteiger partial charge in [0.05, 0.1) is 38.8 Å². The van der Waals surface area contributed by atoms with Crippen LogP contribution in [0.4, 0.5) is 15.8 Å². The van der Waals surface area contributed by atoms with Gasteiger partial charge in [0, 0.05) is 29.1 Å². The molecule has 0 aliphatic carbocycles. The number of ether oxygens (including phenoxy) is 1. The number of nitro groups is 1. The van der Waals surface area contributed by atoms with E-state index in [1.54, 1.807) is 13.0 Å². The minimum absolute atomic E-state index is 0.0596. The molecule has 0 radical (unpaired) electrons. The van der Waals surface area contributed by atoms with Gasteiger partial charge in [0.25, 0.3) is 5.69 Å². The lowest BCUT2D eigenvalue weighted by molar-refractivity contribution is -0.384. The van der Waals surface area contributed by atoms with E-state index in [1.807, 2.05) is 0 Å². The number of nitrogens with one attached hydrogen (secondary N) is 2. The zero-order chi connectivity index (χ0) is 26.2. The van der Waals surface area contributed by atoms with E-state index < -0.39 is 28.5 Å². The third-order valence-electron chi connectivity index (χ3n) is 5.13. The molecule has 2 N–H and O–H groups in total. The maximum Gasteiger partial charge on any atom is 0.337 e. The lowest BCUT2D eigenvalue weighted by Gasteiger charge is -2.29. The number of nitrogens with zero attached hydrogens (tertiary/aromatic N) is 2. The van der Waals surface area contributed by atoms with E-state index in [9.17, 15) is 29.4 Å². The zero-order valence-electron chi connectivity index (χ0n) is 19.1. The lowest BCUT2D eigenvalue weighted by Crippen LogP contribution is -2.30. The number of esters is 1. The first-order valence-electron chi connectivity index (χ1n) is 10.6. The lowest BCUT2D eigenvalue weighted by atomic mass is 9.82. The number of dihydropyridines is 1. The second-order valence-corrected chi connectivity index (χ2v) is 8.49. The van der Waals surface area contributed by atoms with Gasteiger partial charge in [-0.3, -0.25) is 14.9 Å². The topological polar surface area (TPSA) is 134 Å². The highest BCUT2D eigenvalue weighted by molar-refractivity contribution is 8.03. The quantitative estimate of drug-likeness (QED) is 0.218. The Bertz CT molecular complexity index is 1310. The van der Waals surface area contributed by atoms with Crippen molar-refractivity contribution in [3.8, 4) is 6.07 Å². The molecular weight excluding hydrogens is 487 g/mol. The fourth-order valence-corrected chi connectivity index (χ4v) is 4.42. The van der Waals surface area contributed by atoms with Gasteiger partial charge in [-0.1, -0.05) is 42.6 Å². The van der Waals surface area contributed by atoms with Crippen LogP contribution in [0.2, 0.25) is 0 Å². The molecule has 1 aliphatic heterocycles. The maximum absolute atomic E-state index is 14.8. The average molecular weight is 509 g/mol. The summed E-state index contributed by atoms with van der Waals surface area (Å²) < 4.78 is 20.0. The molecule has 0 saturated carbocycles. The summed E-state index contributed by atoms with van der Waals surface area (Å²) >= 11 is 1.01. The Hall–Kier alpha value is -4.43. The normalized spacial score (nSPS) is 15.0. The number of carbonyl (C=O) groups excluding carboxylic acids is 2. The number of rotatable bonds is 9. The Kier molecular flexibility index (Phi) is 8.59. The first-order valence-corrected chi connectivity index (χ1v) is 11.6. The summed E-state index contributed by atoms with van der Waals surface area (Å²) in [4.78, 5) is 35.6. The van der Waals surface area contributed by atoms with Crippen LogP contribution in [0.1, 0.15) is 18.4 Å². The third kappa shape index (κ3) is 5.97. The van der Waals surface area contributed by atoms with Crippen LogP contribution in [-0.2, 0) is 14.3 Å². The van der Waals surface area contributed by atoms with Crippen molar-refractivity contribution in [3.63, 3.8) is 0 Å². The maximum atomic E-state index is 14.8. The molecular formula is C25H21FN4O5S. The molecule has 11 heteroatoms. The molecule has 0 aromatic heterocycles. The summed E-state index contributed by atoms with van der Waals surface area (Å²) in [5.41, 5.74) is 0.873. The van der Waals surface area contributed by atoms with E-state index in [0.717, 1.165) is 11.8 Å². The molecule has 1 atom stereocenters. The predicted molar refractivity (Wildman–Crippen MR) is 133 cm³/mol. The molecule has 0 spiro atoms. The van der Waals surface area contributed by atoms with Crippen LogP contribution in [0.15, 0.2) is 83.1 Å².